The topological polar surface area (TPSA) is 12.9 Å². The molecule has 0 N–H and O–H groups in total. The van der Waals surface area contributed by atoms with Crippen molar-refractivity contribution in [1.29, 1.82) is 0 Å². The second-order valence-electron chi connectivity index (χ2n) is 5.12. The Morgan fingerprint density at radius 1 is 0.958 bits per heavy atom. The molecule has 0 radical (unpaired) electrons. The van der Waals surface area contributed by atoms with Crippen LogP contribution in [0.3, 0.4) is 0 Å². The zero-order valence-electron chi connectivity index (χ0n) is 12.1. The Morgan fingerprint density at radius 2 is 1.71 bits per heavy atom. The minimum absolute atomic E-state index is 0.00137. The van der Waals surface area contributed by atoms with Gasteiger partial charge < -0.3 is 0 Å². The number of thiazole rings is 1. The summed E-state index contributed by atoms with van der Waals surface area (Å²) in [6.07, 6.45) is -4.36. The van der Waals surface area contributed by atoms with Crippen LogP contribution in [-0.4, -0.2) is 4.98 Å². The molecule has 124 valence electrons. The van der Waals surface area contributed by atoms with Crippen LogP contribution in [0.1, 0.15) is 16.1 Å². The molecular formula is C17H10F5NS. The van der Waals surface area contributed by atoms with Gasteiger partial charge in [0.1, 0.15) is 16.5 Å². The van der Waals surface area contributed by atoms with Gasteiger partial charge >= 0.3 is 6.18 Å². The highest BCUT2D eigenvalue weighted by Gasteiger charge is 2.30. The van der Waals surface area contributed by atoms with Crippen LogP contribution >= 0.6 is 11.3 Å². The van der Waals surface area contributed by atoms with Crippen molar-refractivity contribution in [3.8, 4) is 11.3 Å². The van der Waals surface area contributed by atoms with E-state index in [4.69, 9.17) is 0 Å². The van der Waals surface area contributed by atoms with Gasteiger partial charge in [0.15, 0.2) is 0 Å². The third-order valence-corrected chi connectivity index (χ3v) is 4.18. The molecule has 3 aromatic rings. The number of hydrogen-bond donors (Lipinski definition) is 0. The molecule has 0 aliphatic heterocycles. The van der Waals surface area contributed by atoms with Crippen LogP contribution in [0.5, 0.6) is 0 Å². The fraction of sp³-hybridized carbons (Fsp3) is 0.118. The maximum Gasteiger partial charge on any atom is 0.416 e. The summed E-state index contributed by atoms with van der Waals surface area (Å²) in [5.41, 5.74) is -0.0905. The van der Waals surface area contributed by atoms with E-state index >= 15 is 0 Å². The van der Waals surface area contributed by atoms with Gasteiger partial charge in [-0.05, 0) is 23.8 Å². The van der Waals surface area contributed by atoms with Crippen molar-refractivity contribution in [1.82, 2.24) is 4.98 Å². The maximum atomic E-state index is 14.1. The summed E-state index contributed by atoms with van der Waals surface area (Å²) in [4.78, 5) is 4.10. The summed E-state index contributed by atoms with van der Waals surface area (Å²) in [7, 11) is 0. The summed E-state index contributed by atoms with van der Waals surface area (Å²) in [6.45, 7) is 0. The van der Waals surface area contributed by atoms with Crippen molar-refractivity contribution < 1.29 is 22.0 Å². The average molecular weight is 355 g/mol. The zero-order chi connectivity index (χ0) is 17.3. The molecule has 0 amide bonds. The Labute approximate surface area is 138 Å². The zero-order valence-corrected chi connectivity index (χ0v) is 12.9. The summed E-state index contributed by atoms with van der Waals surface area (Å²) in [6, 6.07) is 10.2. The van der Waals surface area contributed by atoms with Gasteiger partial charge in [0.2, 0.25) is 5.13 Å². The summed E-state index contributed by atoms with van der Waals surface area (Å²) >= 11 is 0.742. The fourth-order valence-corrected chi connectivity index (χ4v) is 3.11. The molecule has 0 unspecified atom stereocenters. The number of halogens is 5. The maximum absolute atomic E-state index is 14.1. The molecule has 0 spiro atoms. The molecule has 2 aromatic carbocycles. The Morgan fingerprint density at radius 3 is 2.42 bits per heavy atom. The quantitative estimate of drug-likeness (QED) is 0.550. The van der Waals surface area contributed by atoms with Crippen molar-refractivity contribution in [3.05, 3.63) is 75.6 Å². The molecule has 1 heterocycles. The second kappa shape index (κ2) is 6.32. The minimum Gasteiger partial charge on any atom is -0.238 e. The Bertz CT molecular complexity index is 869. The monoisotopic (exact) mass is 355 g/mol. The van der Waals surface area contributed by atoms with Gasteiger partial charge in [-0.25, -0.2) is 9.37 Å². The lowest BCUT2D eigenvalue weighted by Gasteiger charge is -2.07. The smallest absolute Gasteiger partial charge is 0.238 e. The van der Waals surface area contributed by atoms with E-state index in [0.717, 1.165) is 29.5 Å². The third kappa shape index (κ3) is 3.62. The van der Waals surface area contributed by atoms with Crippen LogP contribution in [0.2, 0.25) is 0 Å². The first-order valence-corrected chi connectivity index (χ1v) is 7.72. The van der Waals surface area contributed by atoms with E-state index < -0.39 is 22.7 Å². The third-order valence-electron chi connectivity index (χ3n) is 3.34. The molecule has 0 aliphatic rings. The van der Waals surface area contributed by atoms with E-state index in [2.05, 4.69) is 4.98 Å². The predicted molar refractivity (Wildman–Crippen MR) is 81.7 cm³/mol. The standard InChI is InChI=1S/C17H10F5NS/c18-13-6-2-4-11(9-13)15-16(19)24-14(23-15)8-10-3-1-5-12(7-10)17(20,21)22/h1-7,9H,8H2. The molecule has 1 nitrogen and oxygen atoms in total. The van der Waals surface area contributed by atoms with Gasteiger partial charge in [0.25, 0.3) is 0 Å². The molecule has 0 bridgehead atoms. The summed E-state index contributed by atoms with van der Waals surface area (Å²) in [5, 5.41) is -0.270. The highest BCUT2D eigenvalue weighted by Crippen LogP contribution is 2.31. The van der Waals surface area contributed by atoms with Crippen LogP contribution in [0.15, 0.2) is 48.5 Å². The van der Waals surface area contributed by atoms with Gasteiger partial charge in [0.05, 0.1) is 5.56 Å². The first-order valence-electron chi connectivity index (χ1n) is 6.90. The van der Waals surface area contributed by atoms with Crippen LogP contribution in [-0.2, 0) is 12.6 Å². The number of aromatic nitrogens is 1. The first-order chi connectivity index (χ1) is 11.3. The van der Waals surface area contributed by atoms with Crippen molar-refractivity contribution in [2.24, 2.45) is 0 Å². The van der Waals surface area contributed by atoms with Crippen molar-refractivity contribution in [2.75, 3.05) is 0 Å². The van der Waals surface area contributed by atoms with Gasteiger partial charge in [-0.15, -0.1) is 0 Å². The Kier molecular flexibility index (Phi) is 4.36. The molecule has 7 heteroatoms. The van der Waals surface area contributed by atoms with Crippen LogP contribution < -0.4 is 0 Å². The van der Waals surface area contributed by atoms with E-state index in [1.54, 1.807) is 0 Å². The normalized spacial score (nSPS) is 11.7. The van der Waals surface area contributed by atoms with Crippen molar-refractivity contribution in [2.45, 2.75) is 12.6 Å². The SMILES string of the molecule is Fc1cccc(-c2nc(Cc3cccc(C(F)(F)F)c3)sc2F)c1. The number of alkyl halides is 3. The lowest BCUT2D eigenvalue weighted by atomic mass is 10.1. The average Bonchev–Trinajstić information content (AvgIpc) is 2.87. The molecule has 0 atom stereocenters. The summed E-state index contributed by atoms with van der Waals surface area (Å²) in [5.74, 6) is -0.515. The fourth-order valence-electron chi connectivity index (χ4n) is 2.26. The molecular weight excluding hydrogens is 345 g/mol. The van der Waals surface area contributed by atoms with Crippen LogP contribution in [0.4, 0.5) is 22.0 Å². The molecule has 0 fully saturated rings. The van der Waals surface area contributed by atoms with E-state index in [0.29, 0.717) is 16.1 Å². The second-order valence-corrected chi connectivity index (χ2v) is 6.15. The molecule has 24 heavy (non-hydrogen) atoms. The number of benzene rings is 2. The lowest BCUT2D eigenvalue weighted by molar-refractivity contribution is -0.137. The Balaban J connectivity index is 1.89. The summed E-state index contributed by atoms with van der Waals surface area (Å²) < 4.78 is 65.5. The molecule has 0 saturated carbocycles. The van der Waals surface area contributed by atoms with Crippen molar-refractivity contribution >= 4 is 11.3 Å². The van der Waals surface area contributed by atoms with Gasteiger partial charge in [-0.3, -0.25) is 0 Å². The van der Waals surface area contributed by atoms with Gasteiger partial charge in [-0.2, -0.15) is 17.6 Å². The molecule has 0 saturated heterocycles. The Hall–Kier alpha value is -2.28. The molecule has 1 aromatic heterocycles. The largest absolute Gasteiger partial charge is 0.416 e. The van der Waals surface area contributed by atoms with E-state index in [1.165, 1.54) is 30.3 Å². The van der Waals surface area contributed by atoms with Crippen molar-refractivity contribution in [3.63, 3.8) is 0 Å². The highest BCUT2D eigenvalue weighted by molar-refractivity contribution is 7.10. The predicted octanol–water partition coefficient (Wildman–Crippen LogP) is 5.70. The first kappa shape index (κ1) is 16.6. The minimum atomic E-state index is -4.43. The molecule has 3 rings (SSSR count). The van der Waals surface area contributed by atoms with E-state index in [9.17, 15) is 22.0 Å². The highest BCUT2D eigenvalue weighted by atomic mass is 32.1. The number of rotatable bonds is 3. The van der Waals surface area contributed by atoms with Crippen LogP contribution in [0, 0.1) is 10.9 Å². The van der Waals surface area contributed by atoms with Crippen LogP contribution in [0.25, 0.3) is 11.3 Å². The van der Waals surface area contributed by atoms with Gasteiger partial charge in [0, 0.05) is 12.0 Å². The lowest BCUT2D eigenvalue weighted by Crippen LogP contribution is -2.05. The number of nitrogens with zero attached hydrogens (tertiary/aromatic N) is 1. The molecule has 0 aliphatic carbocycles. The van der Waals surface area contributed by atoms with Gasteiger partial charge in [-0.1, -0.05) is 41.7 Å². The van der Waals surface area contributed by atoms with E-state index in [1.807, 2.05) is 0 Å². The number of hydrogen-bond acceptors (Lipinski definition) is 2. The van der Waals surface area contributed by atoms with E-state index in [-0.39, 0.29) is 12.1 Å².